The molecule has 4 nitrogen and oxygen atoms in total. The fraction of sp³-hybridized carbons (Fsp3) is 0.857. The number of hydrogen-bond acceptors (Lipinski definition) is 2. The highest BCUT2D eigenvalue weighted by atomic mass is 16.4. The first-order valence-electron chi connectivity index (χ1n) is 3.86. The van der Waals surface area contributed by atoms with E-state index in [0.29, 0.717) is 6.54 Å². The third kappa shape index (κ3) is 1.83. The summed E-state index contributed by atoms with van der Waals surface area (Å²) in [6.45, 7) is 0.521. The highest BCUT2D eigenvalue weighted by molar-refractivity contribution is 5.65. The summed E-state index contributed by atoms with van der Waals surface area (Å²) < 4.78 is 0. The molecule has 1 amide bonds. The van der Waals surface area contributed by atoms with Gasteiger partial charge in [0.25, 0.3) is 0 Å². The smallest absolute Gasteiger partial charge is 0.407 e. The zero-order valence-corrected chi connectivity index (χ0v) is 6.36. The van der Waals surface area contributed by atoms with E-state index in [1.165, 1.54) is 4.90 Å². The van der Waals surface area contributed by atoms with Gasteiger partial charge in [0.2, 0.25) is 0 Å². The van der Waals surface area contributed by atoms with Crippen molar-refractivity contribution in [3.05, 3.63) is 0 Å². The molecule has 0 aromatic heterocycles. The van der Waals surface area contributed by atoms with Gasteiger partial charge in [0.1, 0.15) is 0 Å². The summed E-state index contributed by atoms with van der Waals surface area (Å²) in [5.41, 5.74) is 0. The number of carboxylic acid groups (broad SMARTS) is 1. The van der Waals surface area contributed by atoms with E-state index in [0.717, 1.165) is 19.3 Å². The standard InChI is InChI=1S/C7H13NO3/c9-5-6-3-1-2-4-8(6)7(10)11/h6,9H,1-5H2,(H,10,11)/t6-/m1/s1. The van der Waals surface area contributed by atoms with Gasteiger partial charge in [-0.25, -0.2) is 4.79 Å². The number of carbonyl (C=O) groups is 1. The van der Waals surface area contributed by atoms with E-state index in [1.54, 1.807) is 0 Å². The molecular weight excluding hydrogens is 146 g/mol. The van der Waals surface area contributed by atoms with E-state index >= 15 is 0 Å². The predicted molar refractivity (Wildman–Crippen MR) is 39.5 cm³/mol. The van der Waals surface area contributed by atoms with Crippen LogP contribution >= 0.6 is 0 Å². The van der Waals surface area contributed by atoms with E-state index in [1.807, 2.05) is 0 Å². The number of likely N-dealkylation sites (tertiary alicyclic amines) is 1. The van der Waals surface area contributed by atoms with Crippen LogP contribution in [0.3, 0.4) is 0 Å². The molecule has 0 aromatic carbocycles. The van der Waals surface area contributed by atoms with E-state index in [2.05, 4.69) is 0 Å². The molecule has 11 heavy (non-hydrogen) atoms. The van der Waals surface area contributed by atoms with Crippen LogP contribution in [-0.4, -0.2) is 40.4 Å². The molecule has 1 rings (SSSR count). The van der Waals surface area contributed by atoms with E-state index in [9.17, 15) is 4.79 Å². The van der Waals surface area contributed by atoms with Crippen molar-refractivity contribution in [1.82, 2.24) is 4.90 Å². The minimum Gasteiger partial charge on any atom is -0.465 e. The van der Waals surface area contributed by atoms with Crippen molar-refractivity contribution in [2.45, 2.75) is 25.3 Å². The Labute approximate surface area is 65.4 Å². The van der Waals surface area contributed by atoms with Crippen molar-refractivity contribution in [2.75, 3.05) is 13.2 Å². The summed E-state index contributed by atoms with van der Waals surface area (Å²) in [4.78, 5) is 11.9. The van der Waals surface area contributed by atoms with Gasteiger partial charge < -0.3 is 15.1 Å². The van der Waals surface area contributed by atoms with E-state index < -0.39 is 6.09 Å². The van der Waals surface area contributed by atoms with Crippen LogP contribution in [0.2, 0.25) is 0 Å². The molecule has 1 aliphatic rings. The Hall–Kier alpha value is -0.770. The monoisotopic (exact) mass is 159 g/mol. The molecule has 4 heteroatoms. The van der Waals surface area contributed by atoms with Crippen LogP contribution in [0.5, 0.6) is 0 Å². The lowest BCUT2D eigenvalue weighted by molar-refractivity contribution is 0.0779. The Morgan fingerprint density at radius 2 is 2.27 bits per heavy atom. The molecule has 1 heterocycles. The van der Waals surface area contributed by atoms with Crippen LogP contribution in [0.1, 0.15) is 19.3 Å². The van der Waals surface area contributed by atoms with Crippen molar-refractivity contribution in [3.8, 4) is 0 Å². The largest absolute Gasteiger partial charge is 0.465 e. The van der Waals surface area contributed by atoms with Gasteiger partial charge >= 0.3 is 6.09 Å². The van der Waals surface area contributed by atoms with Crippen molar-refractivity contribution in [3.63, 3.8) is 0 Å². The van der Waals surface area contributed by atoms with Crippen molar-refractivity contribution >= 4 is 6.09 Å². The topological polar surface area (TPSA) is 60.8 Å². The lowest BCUT2D eigenvalue weighted by atomic mass is 10.0. The first kappa shape index (κ1) is 8.33. The molecule has 1 atom stereocenters. The molecule has 0 unspecified atom stereocenters. The minimum atomic E-state index is -0.913. The number of nitrogens with zero attached hydrogens (tertiary/aromatic N) is 1. The Bertz CT molecular complexity index is 149. The quantitative estimate of drug-likeness (QED) is 0.586. The number of hydrogen-bond donors (Lipinski definition) is 2. The molecule has 0 aromatic rings. The minimum absolute atomic E-state index is 0.0493. The predicted octanol–water partition coefficient (Wildman–Crippen LogP) is 0.511. The average Bonchev–Trinajstić information content (AvgIpc) is 2.04. The lowest BCUT2D eigenvalue weighted by Crippen LogP contribution is -2.44. The first-order chi connectivity index (χ1) is 5.25. The van der Waals surface area contributed by atoms with Crippen LogP contribution in [-0.2, 0) is 0 Å². The number of aliphatic hydroxyl groups excluding tert-OH is 1. The summed E-state index contributed by atoms with van der Waals surface area (Å²) >= 11 is 0. The van der Waals surface area contributed by atoms with Crippen LogP contribution in [0.4, 0.5) is 4.79 Å². The maximum atomic E-state index is 10.5. The highest BCUT2D eigenvalue weighted by Crippen LogP contribution is 2.15. The molecular formula is C7H13NO3. The zero-order chi connectivity index (χ0) is 8.27. The van der Waals surface area contributed by atoms with E-state index in [-0.39, 0.29) is 12.6 Å². The second-order valence-electron chi connectivity index (χ2n) is 2.81. The van der Waals surface area contributed by atoms with Gasteiger partial charge in [0.15, 0.2) is 0 Å². The Morgan fingerprint density at radius 1 is 1.55 bits per heavy atom. The van der Waals surface area contributed by atoms with Crippen molar-refractivity contribution in [1.29, 1.82) is 0 Å². The Kier molecular flexibility index (Phi) is 2.70. The molecule has 1 fully saturated rings. The summed E-state index contributed by atoms with van der Waals surface area (Å²) in [6.07, 6.45) is 1.82. The summed E-state index contributed by atoms with van der Waals surface area (Å²) in [5.74, 6) is 0. The lowest BCUT2D eigenvalue weighted by Gasteiger charge is -2.31. The second-order valence-corrected chi connectivity index (χ2v) is 2.81. The zero-order valence-electron chi connectivity index (χ0n) is 6.36. The molecule has 0 spiro atoms. The molecule has 1 saturated heterocycles. The van der Waals surface area contributed by atoms with Gasteiger partial charge in [-0.2, -0.15) is 0 Å². The highest BCUT2D eigenvalue weighted by Gasteiger charge is 2.24. The molecule has 0 saturated carbocycles. The van der Waals surface area contributed by atoms with Crippen LogP contribution in [0.25, 0.3) is 0 Å². The maximum Gasteiger partial charge on any atom is 0.407 e. The van der Waals surface area contributed by atoms with Gasteiger partial charge in [0.05, 0.1) is 12.6 Å². The van der Waals surface area contributed by atoms with E-state index in [4.69, 9.17) is 10.2 Å². The number of amides is 1. The van der Waals surface area contributed by atoms with Gasteiger partial charge in [-0.05, 0) is 19.3 Å². The Balaban J connectivity index is 2.51. The number of piperidine rings is 1. The molecule has 2 N–H and O–H groups in total. The fourth-order valence-electron chi connectivity index (χ4n) is 1.44. The first-order valence-corrected chi connectivity index (χ1v) is 3.86. The molecule has 0 bridgehead atoms. The van der Waals surface area contributed by atoms with Gasteiger partial charge in [-0.15, -0.1) is 0 Å². The van der Waals surface area contributed by atoms with Crippen molar-refractivity contribution in [2.24, 2.45) is 0 Å². The third-order valence-corrected chi connectivity index (χ3v) is 2.08. The molecule has 0 radical (unpaired) electrons. The average molecular weight is 159 g/mol. The van der Waals surface area contributed by atoms with Crippen LogP contribution in [0, 0.1) is 0 Å². The van der Waals surface area contributed by atoms with Gasteiger partial charge in [0, 0.05) is 6.54 Å². The molecule has 0 aliphatic carbocycles. The molecule has 64 valence electrons. The fourth-order valence-corrected chi connectivity index (χ4v) is 1.44. The summed E-state index contributed by atoms with van der Waals surface area (Å²) in [5, 5.41) is 17.5. The number of aliphatic hydroxyl groups is 1. The third-order valence-electron chi connectivity index (χ3n) is 2.08. The SMILES string of the molecule is O=C(O)N1CCCC[C@@H]1CO. The number of rotatable bonds is 1. The van der Waals surface area contributed by atoms with Crippen LogP contribution in [0.15, 0.2) is 0 Å². The maximum absolute atomic E-state index is 10.5. The Morgan fingerprint density at radius 3 is 2.73 bits per heavy atom. The normalized spacial score (nSPS) is 25.2. The summed E-state index contributed by atoms with van der Waals surface area (Å²) in [6, 6.07) is -0.166. The second kappa shape index (κ2) is 3.57. The summed E-state index contributed by atoms with van der Waals surface area (Å²) in [7, 11) is 0. The van der Waals surface area contributed by atoms with Gasteiger partial charge in [-0.3, -0.25) is 0 Å². The van der Waals surface area contributed by atoms with Crippen LogP contribution < -0.4 is 0 Å². The van der Waals surface area contributed by atoms with Crippen molar-refractivity contribution < 1.29 is 15.0 Å². The van der Waals surface area contributed by atoms with Gasteiger partial charge in [-0.1, -0.05) is 0 Å². The molecule has 1 aliphatic heterocycles.